The SMILES string of the molecule is CN[C@H]1CC[C@@H](c2ccc(Cl)c(Cl)c2)c2ccc(Br)cc21. The summed E-state index contributed by atoms with van der Waals surface area (Å²) in [4.78, 5) is 0. The van der Waals surface area contributed by atoms with Crippen molar-refractivity contribution in [1.29, 1.82) is 0 Å². The second kappa shape index (κ2) is 6.29. The Morgan fingerprint density at radius 3 is 2.52 bits per heavy atom. The van der Waals surface area contributed by atoms with Crippen molar-refractivity contribution in [2.75, 3.05) is 7.05 Å². The Morgan fingerprint density at radius 1 is 1.00 bits per heavy atom. The second-order valence-electron chi connectivity index (χ2n) is 5.42. The Hall–Kier alpha value is -0.540. The number of halogens is 3. The molecule has 0 unspecified atom stereocenters. The normalized spacial score (nSPS) is 21.1. The lowest BCUT2D eigenvalue weighted by molar-refractivity contribution is 0.470. The fourth-order valence-corrected chi connectivity index (χ4v) is 3.87. The molecule has 4 heteroatoms. The van der Waals surface area contributed by atoms with E-state index in [0.29, 0.717) is 22.0 Å². The molecule has 0 spiro atoms. The van der Waals surface area contributed by atoms with Gasteiger partial charge in [-0.05, 0) is 60.8 Å². The van der Waals surface area contributed by atoms with Crippen LogP contribution in [0.25, 0.3) is 0 Å². The number of benzene rings is 2. The predicted octanol–water partition coefficient (Wildman–Crippen LogP) is 5.94. The van der Waals surface area contributed by atoms with Crippen LogP contribution in [0.3, 0.4) is 0 Å². The van der Waals surface area contributed by atoms with Crippen LogP contribution in [0.1, 0.15) is 41.5 Å². The lowest BCUT2D eigenvalue weighted by Crippen LogP contribution is -2.24. The molecule has 0 aliphatic heterocycles. The van der Waals surface area contributed by atoms with Gasteiger partial charge in [-0.1, -0.05) is 51.3 Å². The van der Waals surface area contributed by atoms with Crippen LogP contribution in [0.5, 0.6) is 0 Å². The van der Waals surface area contributed by atoms with Crippen LogP contribution in [0.2, 0.25) is 10.0 Å². The van der Waals surface area contributed by atoms with Gasteiger partial charge in [0.05, 0.1) is 10.0 Å². The van der Waals surface area contributed by atoms with Crippen LogP contribution in [0, 0.1) is 0 Å². The van der Waals surface area contributed by atoms with Crippen molar-refractivity contribution in [2.24, 2.45) is 0 Å². The van der Waals surface area contributed by atoms with Gasteiger partial charge < -0.3 is 5.32 Å². The summed E-state index contributed by atoms with van der Waals surface area (Å²) in [5.74, 6) is 0.382. The van der Waals surface area contributed by atoms with Crippen molar-refractivity contribution in [2.45, 2.75) is 24.8 Å². The maximum Gasteiger partial charge on any atom is 0.0595 e. The van der Waals surface area contributed by atoms with Crippen LogP contribution < -0.4 is 5.32 Å². The molecule has 2 aromatic rings. The summed E-state index contributed by atoms with van der Waals surface area (Å²) in [7, 11) is 2.02. The number of nitrogens with one attached hydrogen (secondary N) is 1. The van der Waals surface area contributed by atoms with Gasteiger partial charge in [0.25, 0.3) is 0 Å². The minimum Gasteiger partial charge on any atom is -0.313 e. The van der Waals surface area contributed by atoms with E-state index in [1.54, 1.807) is 0 Å². The third kappa shape index (κ3) is 3.00. The molecule has 0 aromatic heterocycles. The van der Waals surface area contributed by atoms with Crippen molar-refractivity contribution in [1.82, 2.24) is 5.32 Å². The van der Waals surface area contributed by atoms with E-state index in [4.69, 9.17) is 23.2 Å². The molecule has 0 saturated carbocycles. The molecule has 0 amide bonds. The smallest absolute Gasteiger partial charge is 0.0595 e. The van der Waals surface area contributed by atoms with E-state index >= 15 is 0 Å². The van der Waals surface area contributed by atoms with Crippen molar-refractivity contribution < 1.29 is 0 Å². The van der Waals surface area contributed by atoms with Gasteiger partial charge >= 0.3 is 0 Å². The van der Waals surface area contributed by atoms with Crippen LogP contribution in [-0.2, 0) is 0 Å². The van der Waals surface area contributed by atoms with E-state index in [1.165, 1.54) is 16.7 Å². The number of hydrogen-bond donors (Lipinski definition) is 1. The quantitative estimate of drug-likeness (QED) is 0.675. The monoisotopic (exact) mass is 383 g/mol. The molecule has 110 valence electrons. The van der Waals surface area contributed by atoms with Gasteiger partial charge in [-0.3, -0.25) is 0 Å². The summed E-state index contributed by atoms with van der Waals surface area (Å²) in [6.07, 6.45) is 2.23. The second-order valence-corrected chi connectivity index (χ2v) is 7.15. The zero-order valence-corrected chi connectivity index (χ0v) is 14.8. The van der Waals surface area contributed by atoms with E-state index in [-0.39, 0.29) is 0 Å². The van der Waals surface area contributed by atoms with Crippen molar-refractivity contribution in [3.05, 3.63) is 67.6 Å². The highest BCUT2D eigenvalue weighted by atomic mass is 79.9. The highest BCUT2D eigenvalue weighted by Crippen LogP contribution is 2.43. The van der Waals surface area contributed by atoms with Gasteiger partial charge in [0.2, 0.25) is 0 Å². The molecule has 1 aliphatic rings. The molecule has 2 aromatic carbocycles. The Balaban J connectivity index is 2.07. The van der Waals surface area contributed by atoms with E-state index in [9.17, 15) is 0 Å². The fourth-order valence-electron chi connectivity index (χ4n) is 3.18. The van der Waals surface area contributed by atoms with Crippen LogP contribution in [0.15, 0.2) is 40.9 Å². The Kier molecular flexibility index (Phi) is 4.60. The molecule has 0 fully saturated rings. The maximum atomic E-state index is 6.19. The molecule has 1 aliphatic carbocycles. The minimum absolute atomic E-state index is 0.382. The minimum atomic E-state index is 0.382. The standard InChI is InChI=1S/C17H16BrCl2N/c1-21-17-7-5-12(10-2-6-15(19)16(20)8-10)13-4-3-11(18)9-14(13)17/h2-4,6,8-9,12,17,21H,5,7H2,1H3/t12-,17-/m0/s1. The summed E-state index contributed by atoms with van der Waals surface area (Å²) >= 11 is 15.8. The van der Waals surface area contributed by atoms with Crippen molar-refractivity contribution in [3.63, 3.8) is 0 Å². The van der Waals surface area contributed by atoms with E-state index in [1.807, 2.05) is 19.2 Å². The Bertz CT molecular complexity index is 672. The molecule has 3 rings (SSSR count). The van der Waals surface area contributed by atoms with Crippen molar-refractivity contribution in [3.8, 4) is 0 Å². The average molecular weight is 385 g/mol. The van der Waals surface area contributed by atoms with E-state index in [2.05, 4.69) is 45.5 Å². The predicted molar refractivity (Wildman–Crippen MR) is 93.5 cm³/mol. The largest absolute Gasteiger partial charge is 0.313 e. The number of fused-ring (bicyclic) bond motifs is 1. The third-order valence-corrected chi connectivity index (χ3v) is 5.47. The molecule has 0 saturated heterocycles. The maximum absolute atomic E-state index is 6.19. The van der Waals surface area contributed by atoms with Gasteiger partial charge in [0.15, 0.2) is 0 Å². The summed E-state index contributed by atoms with van der Waals surface area (Å²) in [5.41, 5.74) is 3.99. The first kappa shape index (κ1) is 15.4. The topological polar surface area (TPSA) is 12.0 Å². The lowest BCUT2D eigenvalue weighted by Gasteiger charge is -2.32. The van der Waals surface area contributed by atoms with Crippen LogP contribution in [-0.4, -0.2) is 7.05 Å². The molecule has 0 radical (unpaired) electrons. The van der Waals surface area contributed by atoms with Gasteiger partial charge in [0, 0.05) is 16.4 Å². The summed E-state index contributed by atoms with van der Waals surface area (Å²) < 4.78 is 1.12. The Morgan fingerprint density at radius 2 is 1.81 bits per heavy atom. The molecular formula is C17H16BrCl2N. The number of rotatable bonds is 2. The van der Waals surface area contributed by atoms with Gasteiger partial charge in [-0.15, -0.1) is 0 Å². The van der Waals surface area contributed by atoms with Gasteiger partial charge in [-0.25, -0.2) is 0 Å². The zero-order valence-electron chi connectivity index (χ0n) is 11.7. The summed E-state index contributed by atoms with van der Waals surface area (Å²) in [5, 5.41) is 4.65. The molecule has 1 nitrogen and oxygen atoms in total. The third-order valence-electron chi connectivity index (χ3n) is 4.24. The first-order valence-electron chi connectivity index (χ1n) is 7.01. The zero-order chi connectivity index (χ0) is 15.0. The first-order valence-corrected chi connectivity index (χ1v) is 8.56. The lowest BCUT2D eigenvalue weighted by atomic mass is 9.77. The highest BCUT2D eigenvalue weighted by Gasteiger charge is 2.27. The summed E-state index contributed by atoms with van der Waals surface area (Å²) in [6.45, 7) is 0. The molecule has 0 bridgehead atoms. The van der Waals surface area contributed by atoms with Gasteiger partial charge in [0.1, 0.15) is 0 Å². The number of hydrogen-bond acceptors (Lipinski definition) is 1. The van der Waals surface area contributed by atoms with Crippen LogP contribution >= 0.6 is 39.1 Å². The Labute approximate surface area is 143 Å². The molecule has 21 heavy (non-hydrogen) atoms. The van der Waals surface area contributed by atoms with Crippen molar-refractivity contribution >= 4 is 39.1 Å². The fraction of sp³-hybridized carbons (Fsp3) is 0.294. The first-order chi connectivity index (χ1) is 10.1. The highest BCUT2D eigenvalue weighted by molar-refractivity contribution is 9.10. The van der Waals surface area contributed by atoms with Gasteiger partial charge in [-0.2, -0.15) is 0 Å². The molecule has 1 N–H and O–H groups in total. The van der Waals surface area contributed by atoms with E-state index < -0.39 is 0 Å². The molecule has 0 heterocycles. The van der Waals surface area contributed by atoms with E-state index in [0.717, 1.165) is 17.3 Å². The van der Waals surface area contributed by atoms with Crippen LogP contribution in [0.4, 0.5) is 0 Å². The summed E-state index contributed by atoms with van der Waals surface area (Å²) in [6, 6.07) is 12.9. The molecule has 2 atom stereocenters. The average Bonchev–Trinajstić information content (AvgIpc) is 2.49. The molecular weight excluding hydrogens is 369 g/mol.